The first kappa shape index (κ1) is 5.16. The van der Waals surface area contributed by atoms with E-state index >= 15 is 0 Å². The lowest BCUT2D eigenvalue weighted by atomic mass is 10.2. The van der Waals surface area contributed by atoms with Crippen LogP contribution in [0.4, 0.5) is 5.69 Å². The maximum atomic E-state index is 5.40. The molecule has 0 saturated carbocycles. The number of hydrogen-bond donors (Lipinski definition) is 1. The molecule has 0 aromatic heterocycles. The van der Waals surface area contributed by atoms with Crippen molar-refractivity contribution < 1.29 is 0 Å². The third-order valence-electron chi connectivity index (χ3n) is 0.964. The van der Waals surface area contributed by atoms with Gasteiger partial charge in [-0.2, -0.15) is 0 Å². The lowest BCUT2D eigenvalue weighted by Gasteiger charge is -1.90. The Morgan fingerprint density at radius 1 is 1.50 bits per heavy atom. The van der Waals surface area contributed by atoms with Crippen LogP contribution in [0.15, 0.2) is 18.2 Å². The van der Waals surface area contributed by atoms with Gasteiger partial charge in [-0.3, -0.25) is 0 Å². The molecule has 8 heavy (non-hydrogen) atoms. The van der Waals surface area contributed by atoms with Crippen molar-refractivity contribution in [3.05, 3.63) is 29.8 Å². The van der Waals surface area contributed by atoms with Gasteiger partial charge >= 0.3 is 0 Å². The zero-order valence-corrected chi connectivity index (χ0v) is 4.81. The predicted octanol–water partition coefficient (Wildman–Crippen LogP) is 1.38. The minimum Gasteiger partial charge on any atom is -0.398 e. The maximum absolute atomic E-state index is 5.40. The van der Waals surface area contributed by atoms with Crippen LogP contribution >= 0.6 is 0 Å². The van der Waals surface area contributed by atoms with Crippen LogP contribution in [-0.4, -0.2) is 0 Å². The molecule has 0 heterocycles. The number of anilines is 1. The molecule has 0 amide bonds. The van der Waals surface area contributed by atoms with Gasteiger partial charge in [0.2, 0.25) is 0 Å². The first-order valence-corrected chi connectivity index (χ1v) is 2.53. The van der Waals surface area contributed by atoms with Gasteiger partial charge in [-0.05, 0) is 18.6 Å². The normalized spacial score (nSPS) is 9.12. The molecule has 2 N–H and O–H groups in total. The van der Waals surface area contributed by atoms with E-state index in [1.165, 1.54) is 0 Å². The smallest absolute Gasteiger partial charge is 0.0397 e. The summed E-state index contributed by atoms with van der Waals surface area (Å²) in [4.78, 5) is 0. The first-order valence-electron chi connectivity index (χ1n) is 2.53. The van der Waals surface area contributed by atoms with Crippen LogP contribution in [0.5, 0.6) is 0 Å². The van der Waals surface area contributed by atoms with E-state index in [0.717, 1.165) is 5.56 Å². The summed E-state index contributed by atoms with van der Waals surface area (Å²) in [7, 11) is 0. The van der Waals surface area contributed by atoms with E-state index in [4.69, 9.17) is 5.73 Å². The van der Waals surface area contributed by atoms with Crippen molar-refractivity contribution in [1.29, 1.82) is 0 Å². The van der Waals surface area contributed by atoms with Crippen molar-refractivity contribution >= 4 is 5.69 Å². The number of benzene rings is 1. The van der Waals surface area contributed by atoms with Gasteiger partial charge in [-0.1, -0.05) is 12.1 Å². The van der Waals surface area contributed by atoms with Crippen molar-refractivity contribution in [1.82, 2.24) is 0 Å². The fraction of sp³-hybridized carbons (Fsp3) is 0.143. The molecule has 1 radical (unpaired) electrons. The first-order chi connectivity index (χ1) is 3.79. The van der Waals surface area contributed by atoms with Crippen LogP contribution in [-0.2, 0) is 0 Å². The summed E-state index contributed by atoms with van der Waals surface area (Å²) in [5.41, 5.74) is 7.20. The molecule has 0 atom stereocenters. The van der Waals surface area contributed by atoms with Crippen molar-refractivity contribution in [3.63, 3.8) is 0 Å². The highest BCUT2D eigenvalue weighted by Crippen LogP contribution is 2.01. The Hall–Kier alpha value is -0.980. The standard InChI is InChI=1S/C7H8N/c1-6-3-2-4-7(8)5-6/h2-4H,8H2,1H3. The molecule has 1 heteroatoms. The average molecular weight is 106 g/mol. The number of aryl methyl sites for hydroxylation is 1. The van der Waals surface area contributed by atoms with Crippen molar-refractivity contribution in [2.75, 3.05) is 5.73 Å². The Kier molecular flexibility index (Phi) is 1.20. The third-order valence-corrected chi connectivity index (χ3v) is 0.964. The molecule has 0 aliphatic carbocycles. The van der Waals surface area contributed by atoms with Crippen molar-refractivity contribution in [2.45, 2.75) is 6.92 Å². The number of nitrogen functional groups attached to an aromatic ring is 1. The fourth-order valence-electron chi connectivity index (χ4n) is 0.607. The summed E-state index contributed by atoms with van der Waals surface area (Å²) in [6, 6.07) is 8.66. The molecule has 1 rings (SSSR count). The molecular weight excluding hydrogens is 98.1 g/mol. The molecule has 0 aliphatic heterocycles. The number of hydrogen-bond acceptors (Lipinski definition) is 1. The monoisotopic (exact) mass is 106 g/mol. The minimum absolute atomic E-state index is 0.713. The Labute approximate surface area is 49.1 Å². The molecular formula is C7H8N. The van der Waals surface area contributed by atoms with Crippen molar-refractivity contribution in [3.8, 4) is 0 Å². The summed E-state index contributed by atoms with van der Waals surface area (Å²) in [5, 5.41) is 0. The summed E-state index contributed by atoms with van der Waals surface area (Å²) in [6.07, 6.45) is 0. The van der Waals surface area contributed by atoms with Gasteiger partial charge in [0.25, 0.3) is 0 Å². The molecule has 0 bridgehead atoms. The predicted molar refractivity (Wildman–Crippen MR) is 34.4 cm³/mol. The SMILES string of the molecule is Cc1[c]c(N)ccc1. The second-order valence-electron chi connectivity index (χ2n) is 1.79. The number of nitrogens with two attached hydrogens (primary N) is 1. The van der Waals surface area contributed by atoms with Gasteiger partial charge in [0.15, 0.2) is 0 Å². The second-order valence-corrected chi connectivity index (χ2v) is 1.79. The molecule has 0 spiro atoms. The van der Waals surface area contributed by atoms with E-state index in [9.17, 15) is 0 Å². The maximum Gasteiger partial charge on any atom is 0.0397 e. The van der Waals surface area contributed by atoms with Crippen LogP contribution in [0, 0.1) is 13.0 Å². The Balaban J connectivity index is 3.08. The van der Waals surface area contributed by atoms with E-state index in [2.05, 4.69) is 6.07 Å². The Morgan fingerprint density at radius 2 is 2.25 bits per heavy atom. The Bertz CT molecular complexity index is 164. The van der Waals surface area contributed by atoms with E-state index in [0.29, 0.717) is 5.69 Å². The molecule has 1 nitrogen and oxygen atoms in total. The lowest BCUT2D eigenvalue weighted by Crippen LogP contribution is -1.83. The van der Waals surface area contributed by atoms with Crippen molar-refractivity contribution in [2.24, 2.45) is 0 Å². The fourth-order valence-corrected chi connectivity index (χ4v) is 0.607. The molecule has 0 aliphatic rings. The van der Waals surface area contributed by atoms with Gasteiger partial charge in [0.1, 0.15) is 0 Å². The molecule has 0 saturated heterocycles. The molecule has 1 aromatic rings. The minimum atomic E-state index is 0.713. The molecule has 41 valence electrons. The van der Waals surface area contributed by atoms with Crippen LogP contribution in [0.3, 0.4) is 0 Å². The van der Waals surface area contributed by atoms with Gasteiger partial charge in [0.05, 0.1) is 0 Å². The number of rotatable bonds is 0. The quantitative estimate of drug-likeness (QED) is 0.497. The van der Waals surface area contributed by atoms with Crippen LogP contribution < -0.4 is 5.73 Å². The summed E-state index contributed by atoms with van der Waals surface area (Å²) >= 11 is 0. The van der Waals surface area contributed by atoms with Gasteiger partial charge < -0.3 is 5.73 Å². The van der Waals surface area contributed by atoms with E-state index in [1.54, 1.807) is 0 Å². The topological polar surface area (TPSA) is 26.0 Å². The molecule has 0 unspecified atom stereocenters. The zero-order chi connectivity index (χ0) is 5.98. The van der Waals surface area contributed by atoms with Crippen LogP contribution in [0.2, 0.25) is 0 Å². The third kappa shape index (κ3) is 0.997. The van der Waals surface area contributed by atoms with Gasteiger partial charge in [0, 0.05) is 11.8 Å². The summed E-state index contributed by atoms with van der Waals surface area (Å²) in [5.74, 6) is 0. The largest absolute Gasteiger partial charge is 0.398 e. The zero-order valence-electron chi connectivity index (χ0n) is 4.81. The summed E-state index contributed by atoms with van der Waals surface area (Å²) in [6.45, 7) is 1.97. The average Bonchev–Trinajstić information content (AvgIpc) is 1.64. The highest BCUT2D eigenvalue weighted by Gasteiger charge is 1.82. The molecule has 0 fully saturated rings. The van der Waals surface area contributed by atoms with Gasteiger partial charge in [-0.25, -0.2) is 0 Å². The van der Waals surface area contributed by atoms with Gasteiger partial charge in [-0.15, -0.1) is 0 Å². The second kappa shape index (κ2) is 1.86. The van der Waals surface area contributed by atoms with E-state index < -0.39 is 0 Å². The molecule has 1 aromatic carbocycles. The van der Waals surface area contributed by atoms with Crippen LogP contribution in [0.1, 0.15) is 5.56 Å². The van der Waals surface area contributed by atoms with E-state index in [-0.39, 0.29) is 0 Å². The van der Waals surface area contributed by atoms with Crippen LogP contribution in [0.25, 0.3) is 0 Å². The highest BCUT2D eigenvalue weighted by atomic mass is 14.5. The Morgan fingerprint density at radius 3 is 2.62 bits per heavy atom. The summed E-state index contributed by atoms with van der Waals surface area (Å²) < 4.78 is 0. The van der Waals surface area contributed by atoms with E-state index in [1.807, 2.05) is 25.1 Å². The highest BCUT2D eigenvalue weighted by molar-refractivity contribution is 5.38. The lowest BCUT2D eigenvalue weighted by molar-refractivity contribution is 1.46.